The van der Waals surface area contributed by atoms with Gasteiger partial charge < -0.3 is 5.11 Å². The first-order valence-corrected chi connectivity index (χ1v) is 8.57. The van der Waals surface area contributed by atoms with Crippen LogP contribution < -0.4 is 0 Å². The van der Waals surface area contributed by atoms with Crippen LogP contribution in [0, 0.1) is 6.92 Å². The number of nitrogens with one attached hydrogen (secondary N) is 2. The van der Waals surface area contributed by atoms with Crippen molar-refractivity contribution in [3.05, 3.63) is 47.3 Å². The molecule has 0 saturated heterocycles. The SMILES string of the molecule is CCc1c(C)nc2ncc3c(-c4ccc(C(C)(C)O)cc4)[nH][nH]c3c12. The number of hydrogen-bond donors (Lipinski definition) is 3. The Kier molecular flexibility index (Phi) is 3.44. The molecule has 3 N–H and O–H groups in total. The number of benzene rings is 1. The van der Waals surface area contributed by atoms with Gasteiger partial charge in [0.15, 0.2) is 5.65 Å². The molecule has 4 aromatic rings. The lowest BCUT2D eigenvalue weighted by Crippen LogP contribution is -2.14. The normalized spacial score (nSPS) is 12.4. The van der Waals surface area contributed by atoms with E-state index in [2.05, 4.69) is 27.1 Å². The Hall–Kier alpha value is -2.66. The molecule has 5 heteroatoms. The Morgan fingerprint density at radius 1 is 1.12 bits per heavy atom. The number of aromatic amines is 2. The molecule has 5 nitrogen and oxygen atoms in total. The van der Waals surface area contributed by atoms with Crippen molar-refractivity contribution in [2.75, 3.05) is 0 Å². The zero-order valence-corrected chi connectivity index (χ0v) is 14.9. The van der Waals surface area contributed by atoms with Crippen molar-refractivity contribution < 1.29 is 5.11 Å². The lowest BCUT2D eigenvalue weighted by molar-refractivity contribution is 0.0786. The number of aliphatic hydroxyl groups is 1. The molecule has 0 radical (unpaired) electrons. The van der Waals surface area contributed by atoms with Gasteiger partial charge in [0.05, 0.1) is 16.8 Å². The minimum atomic E-state index is -0.843. The zero-order chi connectivity index (χ0) is 17.8. The summed E-state index contributed by atoms with van der Waals surface area (Å²) < 4.78 is 0. The highest BCUT2D eigenvalue weighted by Crippen LogP contribution is 2.33. The molecular weight excluding hydrogens is 312 g/mol. The lowest BCUT2D eigenvalue weighted by Gasteiger charge is -2.17. The number of nitrogens with zero attached hydrogens (tertiary/aromatic N) is 2. The quantitative estimate of drug-likeness (QED) is 0.525. The zero-order valence-electron chi connectivity index (χ0n) is 14.9. The molecule has 0 unspecified atom stereocenters. The van der Waals surface area contributed by atoms with Gasteiger partial charge in [-0.25, -0.2) is 9.97 Å². The molecule has 3 aromatic heterocycles. The van der Waals surface area contributed by atoms with Gasteiger partial charge in [0.25, 0.3) is 0 Å². The molecule has 128 valence electrons. The second-order valence-corrected chi connectivity index (χ2v) is 7.04. The molecule has 1 aromatic carbocycles. The third-order valence-corrected chi connectivity index (χ3v) is 4.89. The van der Waals surface area contributed by atoms with Crippen molar-refractivity contribution in [1.82, 2.24) is 20.2 Å². The molecular formula is C20H22N4O. The summed E-state index contributed by atoms with van der Waals surface area (Å²) in [5, 5.41) is 18.9. The maximum Gasteiger partial charge on any atom is 0.161 e. The highest BCUT2D eigenvalue weighted by Gasteiger charge is 2.18. The summed E-state index contributed by atoms with van der Waals surface area (Å²) in [5.74, 6) is 0. The predicted molar refractivity (Wildman–Crippen MR) is 101 cm³/mol. The Morgan fingerprint density at radius 3 is 2.48 bits per heavy atom. The molecule has 0 fully saturated rings. The number of hydrogen-bond acceptors (Lipinski definition) is 3. The lowest BCUT2D eigenvalue weighted by atomic mass is 9.96. The molecule has 3 heterocycles. The minimum Gasteiger partial charge on any atom is -0.386 e. The number of H-pyrrole nitrogens is 2. The molecule has 0 bridgehead atoms. The third-order valence-electron chi connectivity index (χ3n) is 4.89. The standard InChI is InChI=1S/C20H22N4O/c1-5-14-11(2)22-19-16(14)18-15(10-21-19)17(23-24-18)12-6-8-13(9-7-12)20(3,4)25/h6-10,23-25H,5H2,1-4H3. The van der Waals surface area contributed by atoms with Crippen LogP contribution in [0.5, 0.6) is 0 Å². The van der Waals surface area contributed by atoms with E-state index in [1.807, 2.05) is 37.4 Å². The summed E-state index contributed by atoms with van der Waals surface area (Å²) in [7, 11) is 0. The van der Waals surface area contributed by atoms with Crippen LogP contribution >= 0.6 is 0 Å². The number of fused-ring (bicyclic) bond motifs is 3. The predicted octanol–water partition coefficient (Wildman–Crippen LogP) is 4.20. The van der Waals surface area contributed by atoms with E-state index < -0.39 is 5.60 Å². The van der Waals surface area contributed by atoms with Crippen molar-refractivity contribution in [1.29, 1.82) is 0 Å². The van der Waals surface area contributed by atoms with E-state index in [0.29, 0.717) is 0 Å². The van der Waals surface area contributed by atoms with E-state index in [1.54, 1.807) is 13.8 Å². The first-order valence-electron chi connectivity index (χ1n) is 8.57. The molecule has 4 rings (SSSR count). The average molecular weight is 334 g/mol. The van der Waals surface area contributed by atoms with Crippen LogP contribution in [0.3, 0.4) is 0 Å². The molecule has 0 aliphatic carbocycles. The fraction of sp³-hybridized carbons (Fsp3) is 0.300. The fourth-order valence-corrected chi connectivity index (χ4v) is 3.50. The Labute approximate surface area is 146 Å². The van der Waals surface area contributed by atoms with Gasteiger partial charge in [-0.2, -0.15) is 0 Å². The third kappa shape index (κ3) is 2.43. The first kappa shape index (κ1) is 15.8. The second kappa shape index (κ2) is 5.43. The van der Waals surface area contributed by atoms with Gasteiger partial charge in [-0.15, -0.1) is 0 Å². The van der Waals surface area contributed by atoms with Crippen LogP contribution in [0.4, 0.5) is 0 Å². The van der Waals surface area contributed by atoms with Crippen LogP contribution in [0.15, 0.2) is 30.5 Å². The first-order chi connectivity index (χ1) is 11.9. The largest absolute Gasteiger partial charge is 0.386 e. The fourth-order valence-electron chi connectivity index (χ4n) is 3.50. The Morgan fingerprint density at radius 2 is 1.84 bits per heavy atom. The van der Waals surface area contributed by atoms with E-state index in [1.165, 1.54) is 5.56 Å². The molecule has 0 saturated carbocycles. The summed E-state index contributed by atoms with van der Waals surface area (Å²) in [4.78, 5) is 9.14. The van der Waals surface area contributed by atoms with E-state index in [4.69, 9.17) is 0 Å². The number of rotatable bonds is 3. The summed E-state index contributed by atoms with van der Waals surface area (Å²) in [5.41, 5.74) is 6.22. The molecule has 25 heavy (non-hydrogen) atoms. The van der Waals surface area contributed by atoms with E-state index in [-0.39, 0.29) is 0 Å². The maximum atomic E-state index is 10.1. The molecule has 0 aliphatic heterocycles. The number of pyridine rings is 1. The van der Waals surface area contributed by atoms with E-state index in [9.17, 15) is 5.11 Å². The van der Waals surface area contributed by atoms with Gasteiger partial charge in [0, 0.05) is 28.2 Å². The maximum absolute atomic E-state index is 10.1. The van der Waals surface area contributed by atoms with Gasteiger partial charge in [0.2, 0.25) is 0 Å². The van der Waals surface area contributed by atoms with E-state index >= 15 is 0 Å². The van der Waals surface area contributed by atoms with Gasteiger partial charge in [-0.3, -0.25) is 10.2 Å². The van der Waals surface area contributed by atoms with Gasteiger partial charge in [-0.05, 0) is 38.3 Å². The topological polar surface area (TPSA) is 77.6 Å². The van der Waals surface area contributed by atoms with Crippen LogP contribution in [0.2, 0.25) is 0 Å². The summed E-state index contributed by atoms with van der Waals surface area (Å²) in [6.07, 6.45) is 2.80. The number of aryl methyl sites for hydroxylation is 2. The van der Waals surface area contributed by atoms with Crippen LogP contribution in [0.25, 0.3) is 33.2 Å². The van der Waals surface area contributed by atoms with Gasteiger partial charge in [-0.1, -0.05) is 31.2 Å². The highest BCUT2D eigenvalue weighted by molar-refractivity contribution is 6.08. The molecule has 0 amide bonds. The van der Waals surface area contributed by atoms with Gasteiger partial charge in [0.1, 0.15) is 0 Å². The molecule has 0 aliphatic rings. The van der Waals surface area contributed by atoms with Crippen molar-refractivity contribution >= 4 is 21.9 Å². The van der Waals surface area contributed by atoms with Crippen LogP contribution in [-0.2, 0) is 12.0 Å². The second-order valence-electron chi connectivity index (χ2n) is 7.04. The molecule has 0 atom stereocenters. The minimum absolute atomic E-state index is 0.793. The van der Waals surface area contributed by atoms with Crippen LogP contribution in [-0.4, -0.2) is 25.3 Å². The smallest absolute Gasteiger partial charge is 0.161 e. The summed E-state index contributed by atoms with van der Waals surface area (Å²) >= 11 is 0. The average Bonchev–Trinajstić information content (AvgIpc) is 3.13. The van der Waals surface area contributed by atoms with Crippen molar-refractivity contribution in [3.63, 3.8) is 0 Å². The van der Waals surface area contributed by atoms with Gasteiger partial charge >= 0.3 is 0 Å². The summed E-state index contributed by atoms with van der Waals surface area (Å²) in [6.45, 7) is 7.76. The number of aromatic nitrogens is 4. The monoisotopic (exact) mass is 334 g/mol. The van der Waals surface area contributed by atoms with Crippen molar-refractivity contribution in [2.45, 2.75) is 39.7 Å². The van der Waals surface area contributed by atoms with E-state index in [0.717, 1.165) is 50.9 Å². The van der Waals surface area contributed by atoms with Crippen LogP contribution in [0.1, 0.15) is 37.6 Å². The Balaban J connectivity index is 1.90. The summed E-state index contributed by atoms with van der Waals surface area (Å²) in [6, 6.07) is 7.96. The highest BCUT2D eigenvalue weighted by atomic mass is 16.3. The Bertz CT molecular complexity index is 1070. The van der Waals surface area contributed by atoms with Crippen molar-refractivity contribution in [3.8, 4) is 11.3 Å². The van der Waals surface area contributed by atoms with Crippen molar-refractivity contribution in [2.24, 2.45) is 0 Å². The molecule has 0 spiro atoms.